The molecule has 118 valence electrons. The number of rotatable bonds is 6. The molecule has 0 radical (unpaired) electrons. The first kappa shape index (κ1) is 15.1. The van der Waals surface area contributed by atoms with Crippen molar-refractivity contribution in [2.75, 3.05) is 12.4 Å². The highest BCUT2D eigenvalue weighted by Crippen LogP contribution is 2.25. The second-order valence-corrected chi connectivity index (χ2v) is 5.45. The quantitative estimate of drug-likeness (QED) is 0.740. The lowest BCUT2D eigenvalue weighted by molar-refractivity contribution is -0.116. The number of pyridine rings is 1. The van der Waals surface area contributed by atoms with Crippen molar-refractivity contribution >= 4 is 22.9 Å². The number of hydrogen-bond acceptors (Lipinski definition) is 7. The molecule has 3 aromatic heterocycles. The van der Waals surface area contributed by atoms with E-state index in [9.17, 15) is 4.79 Å². The van der Waals surface area contributed by atoms with Crippen LogP contribution in [0.3, 0.4) is 0 Å². The standard InChI is InChI=1S/C14H14N6O2S/c1-22-14-11(3-2-5-15-14)17-13(21)7-12(10-4-6-23-8-10)20-9-16-18-19-20/h2-6,8-9,12H,7H2,1H3,(H,17,21)/t12-/m1/s1. The monoisotopic (exact) mass is 330 g/mol. The summed E-state index contributed by atoms with van der Waals surface area (Å²) in [5.74, 6) is 0.193. The van der Waals surface area contributed by atoms with Gasteiger partial charge < -0.3 is 10.1 Å². The second kappa shape index (κ2) is 6.97. The van der Waals surface area contributed by atoms with Crippen molar-refractivity contribution in [3.8, 4) is 5.88 Å². The molecule has 0 fully saturated rings. The zero-order valence-electron chi connectivity index (χ0n) is 12.3. The van der Waals surface area contributed by atoms with E-state index in [1.807, 2.05) is 16.8 Å². The largest absolute Gasteiger partial charge is 0.480 e. The number of tetrazole rings is 1. The number of nitrogens with zero attached hydrogens (tertiary/aromatic N) is 5. The Morgan fingerprint density at radius 2 is 2.39 bits per heavy atom. The maximum absolute atomic E-state index is 12.4. The van der Waals surface area contributed by atoms with Crippen LogP contribution in [0.15, 0.2) is 41.5 Å². The van der Waals surface area contributed by atoms with Crippen LogP contribution < -0.4 is 10.1 Å². The number of hydrogen-bond donors (Lipinski definition) is 1. The number of carbonyl (C=O) groups is 1. The van der Waals surface area contributed by atoms with E-state index in [0.29, 0.717) is 11.6 Å². The number of carbonyl (C=O) groups excluding carboxylic acids is 1. The van der Waals surface area contributed by atoms with Gasteiger partial charge in [-0.05, 0) is 44.9 Å². The molecule has 3 rings (SSSR count). The number of nitrogens with one attached hydrogen (secondary N) is 1. The normalized spacial score (nSPS) is 11.9. The van der Waals surface area contributed by atoms with E-state index in [1.165, 1.54) is 13.4 Å². The summed E-state index contributed by atoms with van der Waals surface area (Å²) >= 11 is 1.56. The average molecular weight is 330 g/mol. The summed E-state index contributed by atoms with van der Waals surface area (Å²) < 4.78 is 6.71. The van der Waals surface area contributed by atoms with Gasteiger partial charge in [0.15, 0.2) is 0 Å². The average Bonchev–Trinajstić information content (AvgIpc) is 3.27. The van der Waals surface area contributed by atoms with Crippen LogP contribution in [-0.4, -0.2) is 38.2 Å². The molecule has 0 saturated heterocycles. The number of anilines is 1. The molecule has 0 spiro atoms. The summed E-state index contributed by atoms with van der Waals surface area (Å²) in [6.07, 6.45) is 3.30. The summed E-state index contributed by atoms with van der Waals surface area (Å²) in [6.45, 7) is 0. The van der Waals surface area contributed by atoms with Gasteiger partial charge in [-0.1, -0.05) is 0 Å². The van der Waals surface area contributed by atoms with E-state index < -0.39 is 0 Å². The Hall–Kier alpha value is -2.81. The fourth-order valence-corrected chi connectivity index (χ4v) is 2.87. The molecule has 1 N–H and O–H groups in total. The van der Waals surface area contributed by atoms with Crippen LogP contribution in [-0.2, 0) is 4.79 Å². The third-order valence-corrected chi connectivity index (χ3v) is 3.93. The summed E-state index contributed by atoms with van der Waals surface area (Å²) in [4.78, 5) is 16.5. The van der Waals surface area contributed by atoms with Gasteiger partial charge in [-0.25, -0.2) is 9.67 Å². The van der Waals surface area contributed by atoms with Crippen LogP contribution in [0.4, 0.5) is 5.69 Å². The smallest absolute Gasteiger partial charge is 0.237 e. The van der Waals surface area contributed by atoms with Gasteiger partial charge in [0.2, 0.25) is 11.8 Å². The molecule has 0 aromatic carbocycles. The van der Waals surface area contributed by atoms with Gasteiger partial charge in [-0.3, -0.25) is 4.79 Å². The van der Waals surface area contributed by atoms with Gasteiger partial charge >= 0.3 is 0 Å². The molecular formula is C14H14N6O2S. The van der Waals surface area contributed by atoms with Crippen LogP contribution in [0, 0.1) is 0 Å². The molecule has 3 aromatic rings. The Kier molecular flexibility index (Phi) is 4.57. The van der Waals surface area contributed by atoms with Gasteiger partial charge in [0.25, 0.3) is 0 Å². The van der Waals surface area contributed by atoms with Crippen molar-refractivity contribution in [2.24, 2.45) is 0 Å². The molecule has 0 aliphatic carbocycles. The SMILES string of the molecule is COc1ncccc1NC(=O)C[C@H](c1ccsc1)n1cnnn1. The first-order chi connectivity index (χ1) is 11.3. The van der Waals surface area contributed by atoms with Crippen LogP contribution in [0.1, 0.15) is 18.0 Å². The van der Waals surface area contributed by atoms with Crippen molar-refractivity contribution in [1.29, 1.82) is 0 Å². The highest BCUT2D eigenvalue weighted by molar-refractivity contribution is 7.08. The molecule has 9 heteroatoms. The number of thiophene rings is 1. The van der Waals surface area contributed by atoms with Crippen molar-refractivity contribution in [3.63, 3.8) is 0 Å². The topological polar surface area (TPSA) is 94.8 Å². The number of aromatic nitrogens is 5. The molecule has 0 aliphatic heterocycles. The molecule has 1 amide bonds. The summed E-state index contributed by atoms with van der Waals surface area (Å²) in [5, 5.41) is 17.9. The van der Waals surface area contributed by atoms with Crippen molar-refractivity contribution in [2.45, 2.75) is 12.5 Å². The van der Waals surface area contributed by atoms with E-state index in [1.54, 1.807) is 34.3 Å². The zero-order chi connectivity index (χ0) is 16.1. The third kappa shape index (κ3) is 3.51. The Balaban J connectivity index is 1.77. The minimum absolute atomic E-state index is 0.178. The van der Waals surface area contributed by atoms with Crippen LogP contribution in [0.5, 0.6) is 5.88 Å². The summed E-state index contributed by atoms with van der Waals surface area (Å²) in [7, 11) is 1.51. The predicted octanol–water partition coefficient (Wildman–Crippen LogP) is 1.76. The second-order valence-electron chi connectivity index (χ2n) is 4.67. The lowest BCUT2D eigenvalue weighted by Crippen LogP contribution is -2.21. The zero-order valence-corrected chi connectivity index (χ0v) is 13.1. The molecular weight excluding hydrogens is 316 g/mol. The van der Waals surface area contributed by atoms with Gasteiger partial charge in [0, 0.05) is 6.20 Å². The molecule has 8 nitrogen and oxygen atoms in total. The third-order valence-electron chi connectivity index (χ3n) is 3.23. The van der Waals surface area contributed by atoms with Crippen molar-refractivity contribution < 1.29 is 9.53 Å². The molecule has 0 aliphatic rings. The minimum Gasteiger partial charge on any atom is -0.480 e. The Morgan fingerprint density at radius 3 is 3.09 bits per heavy atom. The minimum atomic E-state index is -0.265. The molecule has 23 heavy (non-hydrogen) atoms. The fourth-order valence-electron chi connectivity index (χ4n) is 2.17. The van der Waals surface area contributed by atoms with Crippen LogP contribution in [0.2, 0.25) is 0 Å². The number of ether oxygens (including phenoxy) is 1. The molecule has 3 heterocycles. The van der Waals surface area contributed by atoms with Gasteiger partial charge in [0.1, 0.15) is 12.0 Å². The Labute approximate surface area is 136 Å². The lowest BCUT2D eigenvalue weighted by atomic mass is 10.1. The van der Waals surface area contributed by atoms with E-state index >= 15 is 0 Å². The summed E-state index contributed by atoms with van der Waals surface area (Å²) in [5.41, 5.74) is 1.51. The van der Waals surface area contributed by atoms with Gasteiger partial charge in [-0.15, -0.1) is 5.10 Å². The number of amides is 1. The first-order valence-electron chi connectivity index (χ1n) is 6.81. The molecule has 0 bridgehead atoms. The fraction of sp³-hybridized carbons (Fsp3) is 0.214. The lowest BCUT2D eigenvalue weighted by Gasteiger charge is -2.15. The van der Waals surface area contributed by atoms with E-state index in [0.717, 1.165) is 5.56 Å². The van der Waals surface area contributed by atoms with Crippen molar-refractivity contribution in [3.05, 3.63) is 47.0 Å². The van der Waals surface area contributed by atoms with Crippen LogP contribution >= 0.6 is 11.3 Å². The van der Waals surface area contributed by atoms with Gasteiger partial charge in [0.05, 0.1) is 19.6 Å². The Morgan fingerprint density at radius 1 is 1.48 bits per heavy atom. The maximum atomic E-state index is 12.4. The van der Waals surface area contributed by atoms with E-state index in [4.69, 9.17) is 4.74 Å². The highest BCUT2D eigenvalue weighted by Gasteiger charge is 2.20. The molecule has 0 unspecified atom stereocenters. The van der Waals surface area contributed by atoms with Crippen LogP contribution in [0.25, 0.3) is 0 Å². The first-order valence-corrected chi connectivity index (χ1v) is 7.75. The summed E-state index contributed by atoms with van der Waals surface area (Å²) in [6, 6.07) is 5.16. The van der Waals surface area contributed by atoms with Crippen molar-refractivity contribution in [1.82, 2.24) is 25.2 Å². The maximum Gasteiger partial charge on any atom is 0.237 e. The van der Waals surface area contributed by atoms with E-state index in [-0.39, 0.29) is 18.4 Å². The van der Waals surface area contributed by atoms with E-state index in [2.05, 4.69) is 25.8 Å². The highest BCUT2D eigenvalue weighted by atomic mass is 32.1. The molecule has 1 atom stereocenters. The van der Waals surface area contributed by atoms with Gasteiger partial charge in [-0.2, -0.15) is 11.3 Å². The molecule has 0 saturated carbocycles. The predicted molar refractivity (Wildman–Crippen MR) is 84.3 cm³/mol. The number of methoxy groups -OCH3 is 1. The Bertz CT molecular complexity index is 725.